The van der Waals surface area contributed by atoms with Crippen molar-refractivity contribution in [2.24, 2.45) is 11.8 Å². The average molecular weight is 375 g/mol. The van der Waals surface area contributed by atoms with E-state index in [2.05, 4.69) is 111 Å². The summed E-state index contributed by atoms with van der Waals surface area (Å²) in [4.78, 5) is 0. The maximum absolute atomic E-state index is 2.29. The Hall–Kier alpha value is -1.30. The number of rotatable bonds is 6. The van der Waals surface area contributed by atoms with E-state index in [1.165, 1.54) is 30.4 Å². The molecule has 0 bridgehead atoms. The van der Waals surface area contributed by atoms with Crippen LogP contribution in [0.2, 0.25) is 0 Å². The van der Waals surface area contributed by atoms with Crippen LogP contribution in [-0.2, 0) is 0 Å². The molecule has 0 spiro atoms. The number of hydrogen-bond donors (Lipinski definition) is 0. The molecule has 0 aliphatic carbocycles. The monoisotopic (exact) mass is 374 g/mol. The first-order valence-corrected chi connectivity index (χ1v) is 11.2. The van der Waals surface area contributed by atoms with Crippen molar-refractivity contribution in [3.05, 3.63) is 59.7 Å². The molecule has 1 unspecified atom stereocenters. The molecule has 0 N–H and O–H groups in total. The largest absolute Gasteiger partial charge is 0.0874 e. The Morgan fingerprint density at radius 2 is 1.30 bits per heavy atom. The minimum absolute atomic E-state index is 0.525. The summed E-state index contributed by atoms with van der Waals surface area (Å²) in [6.07, 6.45) is 10.4. The zero-order chi connectivity index (χ0) is 21.7. The first kappa shape index (κ1) is 30.4. The van der Waals surface area contributed by atoms with Crippen LogP contribution in [0, 0.1) is 11.8 Å². The lowest BCUT2D eigenvalue weighted by Crippen LogP contribution is -2.05. The minimum Gasteiger partial charge on any atom is -0.0874 e. The highest BCUT2D eigenvalue weighted by Gasteiger charge is 2.15. The molecule has 1 aromatic carbocycles. The summed E-state index contributed by atoms with van der Waals surface area (Å²) < 4.78 is 0. The van der Waals surface area contributed by atoms with Gasteiger partial charge in [0.05, 0.1) is 0 Å². The normalized spacial score (nSPS) is 11.8. The van der Waals surface area contributed by atoms with Crippen molar-refractivity contribution < 1.29 is 0 Å². The molecule has 0 saturated carbocycles. The predicted octanol–water partition coefficient (Wildman–Crippen LogP) is 9.83. The molecule has 1 aromatic rings. The van der Waals surface area contributed by atoms with Gasteiger partial charge in [-0.2, -0.15) is 0 Å². The maximum Gasteiger partial charge on any atom is 0.00883 e. The summed E-state index contributed by atoms with van der Waals surface area (Å²) in [6.45, 7) is 23.7. The van der Waals surface area contributed by atoms with Gasteiger partial charge in [0.1, 0.15) is 0 Å². The van der Waals surface area contributed by atoms with Crippen LogP contribution in [0.25, 0.3) is 0 Å². The van der Waals surface area contributed by atoms with Crippen molar-refractivity contribution in [1.82, 2.24) is 0 Å². The second-order valence-corrected chi connectivity index (χ2v) is 7.39. The lowest BCUT2D eigenvalue weighted by Gasteiger charge is -2.21. The molecule has 0 fully saturated rings. The van der Waals surface area contributed by atoms with Gasteiger partial charge >= 0.3 is 0 Å². The van der Waals surface area contributed by atoms with E-state index in [9.17, 15) is 0 Å². The third kappa shape index (κ3) is 19.3. The Morgan fingerprint density at radius 3 is 1.59 bits per heavy atom. The number of allylic oxidation sites excluding steroid dienone is 4. The molecule has 0 aliphatic heterocycles. The van der Waals surface area contributed by atoms with Gasteiger partial charge in [-0.25, -0.2) is 0 Å². The van der Waals surface area contributed by atoms with Crippen molar-refractivity contribution >= 4 is 0 Å². The molecule has 0 heterocycles. The molecular weight excluding hydrogens is 324 g/mol. The highest BCUT2D eigenvalue weighted by Crippen LogP contribution is 2.31. The molecule has 0 saturated heterocycles. The van der Waals surface area contributed by atoms with E-state index < -0.39 is 0 Å². The summed E-state index contributed by atoms with van der Waals surface area (Å²) in [7, 11) is 0. The van der Waals surface area contributed by atoms with Gasteiger partial charge in [0.2, 0.25) is 0 Å². The van der Waals surface area contributed by atoms with E-state index in [4.69, 9.17) is 0 Å². The molecular formula is C27H50. The van der Waals surface area contributed by atoms with E-state index in [0.717, 1.165) is 5.92 Å². The summed E-state index contributed by atoms with van der Waals surface area (Å²) in [6, 6.07) is 10.8. The number of benzene rings is 1. The van der Waals surface area contributed by atoms with Crippen LogP contribution in [0.4, 0.5) is 0 Å². The summed E-state index contributed by atoms with van der Waals surface area (Å²) in [5, 5.41) is 0. The quantitative estimate of drug-likeness (QED) is 0.434. The van der Waals surface area contributed by atoms with Gasteiger partial charge in [-0.1, -0.05) is 124 Å². The molecule has 0 nitrogen and oxygen atoms in total. The van der Waals surface area contributed by atoms with Gasteiger partial charge in [-0.05, 0) is 43.2 Å². The van der Waals surface area contributed by atoms with Crippen LogP contribution >= 0.6 is 0 Å². The summed E-state index contributed by atoms with van der Waals surface area (Å²) in [5.74, 6) is 2.12. The van der Waals surface area contributed by atoms with Crippen LogP contribution in [-0.4, -0.2) is 0 Å². The van der Waals surface area contributed by atoms with Crippen LogP contribution in [0.5, 0.6) is 0 Å². The Morgan fingerprint density at radius 1 is 0.852 bits per heavy atom. The van der Waals surface area contributed by atoms with Gasteiger partial charge in [-0.15, -0.1) is 0 Å². The molecule has 0 aliphatic rings. The second-order valence-electron chi connectivity index (χ2n) is 7.39. The fourth-order valence-electron chi connectivity index (χ4n) is 2.23. The minimum atomic E-state index is 0.525. The standard InChI is InChI=1S/C17H24.C5H12.C3H8.C2H6/c1-5-10-15(6-2)17(13-14(3)4)16-11-8-7-9-12-16;1-4-5(2)3;1-3-2;1-2/h5-12,14,17H,13H2,1-4H3;5H,4H2,1-3H3;3H2,1-2H3;1-2H3/b10-5-,15-6+;;;. The van der Waals surface area contributed by atoms with Crippen LogP contribution < -0.4 is 0 Å². The Balaban J connectivity index is -0.000000481. The maximum atomic E-state index is 2.29. The van der Waals surface area contributed by atoms with E-state index in [0.29, 0.717) is 11.8 Å². The third-order valence-corrected chi connectivity index (χ3v) is 3.82. The van der Waals surface area contributed by atoms with Crippen molar-refractivity contribution in [1.29, 1.82) is 0 Å². The van der Waals surface area contributed by atoms with Crippen LogP contribution in [0.1, 0.15) is 107 Å². The molecule has 27 heavy (non-hydrogen) atoms. The van der Waals surface area contributed by atoms with Gasteiger partial charge in [0, 0.05) is 5.92 Å². The highest BCUT2D eigenvalue weighted by atomic mass is 14.2. The van der Waals surface area contributed by atoms with E-state index >= 15 is 0 Å². The molecule has 0 radical (unpaired) electrons. The van der Waals surface area contributed by atoms with E-state index in [-0.39, 0.29) is 0 Å². The van der Waals surface area contributed by atoms with Crippen LogP contribution in [0.3, 0.4) is 0 Å². The Labute approximate surface area is 173 Å². The molecule has 0 aromatic heterocycles. The summed E-state index contributed by atoms with van der Waals surface area (Å²) in [5.41, 5.74) is 2.85. The SMILES string of the molecule is C/C=C\C(=C/C)C(CC(C)C)c1ccccc1.CC.CCC.CCC(C)C. The number of hydrogen-bond acceptors (Lipinski definition) is 0. The highest BCUT2D eigenvalue weighted by molar-refractivity contribution is 5.34. The fraction of sp³-hybridized carbons (Fsp3) is 0.630. The Bertz CT molecular complexity index is 434. The van der Waals surface area contributed by atoms with Crippen molar-refractivity contribution in [3.63, 3.8) is 0 Å². The van der Waals surface area contributed by atoms with Crippen molar-refractivity contribution in [2.75, 3.05) is 0 Å². The third-order valence-electron chi connectivity index (χ3n) is 3.82. The molecule has 158 valence electrons. The van der Waals surface area contributed by atoms with E-state index in [1.807, 2.05) is 13.8 Å². The first-order chi connectivity index (χ1) is 12.9. The summed E-state index contributed by atoms with van der Waals surface area (Å²) >= 11 is 0. The van der Waals surface area contributed by atoms with Gasteiger partial charge in [0.25, 0.3) is 0 Å². The predicted molar refractivity (Wildman–Crippen MR) is 130 cm³/mol. The van der Waals surface area contributed by atoms with Gasteiger partial charge in [-0.3, -0.25) is 0 Å². The van der Waals surface area contributed by atoms with E-state index in [1.54, 1.807) is 0 Å². The molecule has 1 rings (SSSR count). The smallest absolute Gasteiger partial charge is 0.00883 e. The van der Waals surface area contributed by atoms with Crippen LogP contribution in [0.15, 0.2) is 54.1 Å². The Kier molecular flexibility index (Phi) is 25.6. The lowest BCUT2D eigenvalue weighted by molar-refractivity contribution is 0.540. The average Bonchev–Trinajstić information content (AvgIpc) is 2.67. The van der Waals surface area contributed by atoms with Crippen molar-refractivity contribution in [2.45, 2.75) is 101 Å². The van der Waals surface area contributed by atoms with Gasteiger partial charge < -0.3 is 0 Å². The van der Waals surface area contributed by atoms with Crippen molar-refractivity contribution in [3.8, 4) is 0 Å². The second kappa shape index (κ2) is 22.7. The topological polar surface area (TPSA) is 0 Å². The molecule has 0 amide bonds. The van der Waals surface area contributed by atoms with Gasteiger partial charge in [0.15, 0.2) is 0 Å². The zero-order valence-electron chi connectivity index (χ0n) is 20.5. The molecule has 1 atom stereocenters. The lowest BCUT2D eigenvalue weighted by atomic mass is 9.84. The fourth-order valence-corrected chi connectivity index (χ4v) is 2.23. The first-order valence-electron chi connectivity index (χ1n) is 11.2. The molecule has 0 heteroatoms. The zero-order valence-corrected chi connectivity index (χ0v) is 20.5.